The van der Waals surface area contributed by atoms with Crippen molar-refractivity contribution in [3.63, 3.8) is 0 Å². The average Bonchev–Trinajstić information content (AvgIpc) is 2.47. The van der Waals surface area contributed by atoms with Crippen LogP contribution in [0.3, 0.4) is 0 Å². The highest BCUT2D eigenvalue weighted by Gasteiger charge is 2.31. The Balaban J connectivity index is 2.64. The number of aliphatic hydroxyl groups is 2. The second-order valence-electron chi connectivity index (χ2n) is 4.03. The lowest BCUT2D eigenvalue weighted by molar-refractivity contribution is 0.251. The van der Waals surface area contributed by atoms with Gasteiger partial charge in [0.25, 0.3) is 0 Å². The van der Waals surface area contributed by atoms with Crippen LogP contribution in [0.15, 0.2) is 60.7 Å². The third-order valence-electron chi connectivity index (χ3n) is 3.04. The molecule has 0 saturated carbocycles. The largest absolute Gasteiger partial charge is 0.462 e. The highest BCUT2D eigenvalue weighted by Crippen LogP contribution is 2.31. The molecule has 2 rings (SSSR count). The highest BCUT2D eigenvalue weighted by molar-refractivity contribution is 5.47. The molecule has 2 nitrogen and oxygen atoms in total. The molecule has 0 spiro atoms. The van der Waals surface area contributed by atoms with E-state index >= 15 is 0 Å². The van der Waals surface area contributed by atoms with Crippen LogP contribution in [0.4, 0.5) is 0 Å². The molecule has 18 heavy (non-hydrogen) atoms. The lowest BCUT2D eigenvalue weighted by atomic mass is 9.76. The molecule has 0 atom stereocenters. The first-order valence-electron chi connectivity index (χ1n) is 5.71. The Hall–Kier alpha value is -2.24. The number of aliphatic hydroxyl groups excluding tert-OH is 2. The van der Waals surface area contributed by atoms with E-state index in [9.17, 15) is 5.11 Å². The van der Waals surface area contributed by atoms with Gasteiger partial charge in [-0.3, -0.25) is 0 Å². The van der Waals surface area contributed by atoms with Crippen molar-refractivity contribution in [3.8, 4) is 12.0 Å². The molecule has 2 heteroatoms. The molecule has 90 valence electrons. The number of hydrogen-bond donors (Lipinski definition) is 2. The summed E-state index contributed by atoms with van der Waals surface area (Å²) in [6.07, 6.45) is 1.95. The fourth-order valence-electron chi connectivity index (χ4n) is 2.07. The van der Waals surface area contributed by atoms with Crippen LogP contribution >= 0.6 is 0 Å². The number of hydrogen-bond acceptors (Lipinski definition) is 2. The maximum absolute atomic E-state index is 9.80. The van der Waals surface area contributed by atoms with Crippen LogP contribution in [0, 0.1) is 12.0 Å². The first-order chi connectivity index (χ1) is 8.83. The molecule has 0 aromatic heterocycles. The van der Waals surface area contributed by atoms with Crippen molar-refractivity contribution in [3.05, 3.63) is 71.8 Å². The van der Waals surface area contributed by atoms with E-state index in [2.05, 4.69) is 5.92 Å². The van der Waals surface area contributed by atoms with E-state index in [0.717, 1.165) is 11.1 Å². The van der Waals surface area contributed by atoms with E-state index in [1.165, 1.54) is 0 Å². The molecule has 0 radical (unpaired) electrons. The molecule has 0 bridgehead atoms. The van der Waals surface area contributed by atoms with Crippen LogP contribution in [0.2, 0.25) is 0 Å². The molecular formula is C16H14O2. The summed E-state index contributed by atoms with van der Waals surface area (Å²) in [5.74, 6) is 2.73. The van der Waals surface area contributed by atoms with Crippen LogP contribution in [0.25, 0.3) is 0 Å². The van der Waals surface area contributed by atoms with Crippen molar-refractivity contribution in [2.24, 2.45) is 0 Å². The third-order valence-corrected chi connectivity index (χ3v) is 3.04. The van der Waals surface area contributed by atoms with Crippen molar-refractivity contribution in [1.29, 1.82) is 0 Å². The first kappa shape index (κ1) is 12.2. The standard InChI is InChI=1S/C16H14O2/c17-12-11-16(13-18,14-7-3-1-4-8-14)15-9-5-2-6-10-15/h1-10,17-18H,13H2. The molecule has 2 aromatic rings. The van der Waals surface area contributed by atoms with Gasteiger partial charge in [-0.25, -0.2) is 0 Å². The van der Waals surface area contributed by atoms with Gasteiger partial charge in [-0.05, 0) is 17.0 Å². The molecule has 0 aliphatic carbocycles. The summed E-state index contributed by atoms with van der Waals surface area (Å²) < 4.78 is 0. The van der Waals surface area contributed by atoms with Gasteiger partial charge in [0, 0.05) is 0 Å². The molecule has 0 aliphatic rings. The SMILES string of the molecule is OC#CC(CO)(c1ccccc1)c1ccccc1. The molecule has 0 fully saturated rings. The lowest BCUT2D eigenvalue weighted by Gasteiger charge is -2.27. The van der Waals surface area contributed by atoms with Crippen LogP contribution in [0.5, 0.6) is 0 Å². The van der Waals surface area contributed by atoms with Crippen molar-refractivity contribution < 1.29 is 10.2 Å². The molecule has 0 amide bonds. The van der Waals surface area contributed by atoms with Gasteiger partial charge in [-0.2, -0.15) is 0 Å². The fraction of sp³-hybridized carbons (Fsp3) is 0.125. The summed E-state index contributed by atoms with van der Waals surface area (Å²) >= 11 is 0. The fourth-order valence-corrected chi connectivity index (χ4v) is 2.07. The van der Waals surface area contributed by atoms with Crippen LogP contribution in [0.1, 0.15) is 11.1 Å². The Morgan fingerprint density at radius 2 is 1.28 bits per heavy atom. The topological polar surface area (TPSA) is 40.5 Å². The Bertz CT molecular complexity index is 510. The monoisotopic (exact) mass is 238 g/mol. The predicted molar refractivity (Wildman–Crippen MR) is 70.5 cm³/mol. The van der Waals surface area contributed by atoms with E-state index in [-0.39, 0.29) is 6.61 Å². The lowest BCUT2D eigenvalue weighted by Crippen LogP contribution is -2.30. The zero-order valence-electron chi connectivity index (χ0n) is 9.88. The maximum Gasteiger partial charge on any atom is 0.108 e. The van der Waals surface area contributed by atoms with Gasteiger partial charge in [-0.15, -0.1) is 0 Å². The number of benzene rings is 2. The molecule has 0 saturated heterocycles. The van der Waals surface area contributed by atoms with Gasteiger partial charge in [0.15, 0.2) is 0 Å². The van der Waals surface area contributed by atoms with Crippen molar-refractivity contribution >= 4 is 0 Å². The van der Waals surface area contributed by atoms with E-state index < -0.39 is 5.41 Å². The summed E-state index contributed by atoms with van der Waals surface area (Å²) in [5.41, 5.74) is 0.845. The Morgan fingerprint density at radius 1 is 0.833 bits per heavy atom. The molecule has 2 aromatic carbocycles. The van der Waals surface area contributed by atoms with Crippen molar-refractivity contribution in [1.82, 2.24) is 0 Å². The van der Waals surface area contributed by atoms with Gasteiger partial charge in [-0.1, -0.05) is 60.7 Å². The second-order valence-corrected chi connectivity index (χ2v) is 4.03. The average molecular weight is 238 g/mol. The maximum atomic E-state index is 9.80. The summed E-state index contributed by atoms with van der Waals surface area (Å²) in [6, 6.07) is 19.0. The van der Waals surface area contributed by atoms with E-state index in [4.69, 9.17) is 5.11 Å². The summed E-state index contributed by atoms with van der Waals surface area (Å²) in [4.78, 5) is 0. The zero-order chi connectivity index (χ0) is 12.8. The van der Waals surface area contributed by atoms with Gasteiger partial charge >= 0.3 is 0 Å². The molecule has 0 aliphatic heterocycles. The van der Waals surface area contributed by atoms with Crippen molar-refractivity contribution in [2.45, 2.75) is 5.41 Å². The van der Waals surface area contributed by atoms with E-state index in [1.807, 2.05) is 66.8 Å². The normalized spacial score (nSPS) is 10.5. The summed E-state index contributed by atoms with van der Waals surface area (Å²) in [6.45, 7) is -0.186. The Morgan fingerprint density at radius 3 is 1.61 bits per heavy atom. The highest BCUT2D eigenvalue weighted by atomic mass is 16.3. The quantitative estimate of drug-likeness (QED) is 0.805. The van der Waals surface area contributed by atoms with Gasteiger partial charge in [0.05, 0.1) is 6.61 Å². The Kier molecular flexibility index (Phi) is 3.66. The van der Waals surface area contributed by atoms with Gasteiger partial charge in [0.2, 0.25) is 0 Å². The molecular weight excluding hydrogens is 224 g/mol. The van der Waals surface area contributed by atoms with Gasteiger partial charge in [0.1, 0.15) is 11.5 Å². The minimum atomic E-state index is -0.878. The van der Waals surface area contributed by atoms with Crippen LogP contribution in [-0.2, 0) is 5.41 Å². The van der Waals surface area contributed by atoms with E-state index in [1.54, 1.807) is 0 Å². The predicted octanol–water partition coefficient (Wildman–Crippen LogP) is 2.30. The van der Waals surface area contributed by atoms with Gasteiger partial charge < -0.3 is 10.2 Å². The minimum Gasteiger partial charge on any atom is -0.462 e. The Labute approximate surface area is 107 Å². The zero-order valence-corrected chi connectivity index (χ0v) is 9.88. The molecule has 0 heterocycles. The smallest absolute Gasteiger partial charge is 0.108 e. The summed E-state index contributed by atoms with van der Waals surface area (Å²) in [7, 11) is 0. The van der Waals surface area contributed by atoms with Crippen LogP contribution < -0.4 is 0 Å². The van der Waals surface area contributed by atoms with E-state index in [0.29, 0.717) is 0 Å². The van der Waals surface area contributed by atoms with Crippen LogP contribution in [-0.4, -0.2) is 16.8 Å². The molecule has 0 unspecified atom stereocenters. The van der Waals surface area contributed by atoms with Crippen molar-refractivity contribution in [2.75, 3.05) is 6.61 Å². The first-order valence-corrected chi connectivity index (χ1v) is 5.71. The molecule has 2 N–H and O–H groups in total. The second kappa shape index (κ2) is 5.39. The number of rotatable bonds is 3. The summed E-state index contributed by atoms with van der Waals surface area (Å²) in [5, 5.41) is 18.8. The minimum absolute atomic E-state index is 0.186. The third kappa shape index (κ3) is 2.09.